The Morgan fingerprint density at radius 1 is 1.12 bits per heavy atom. The Bertz CT molecular complexity index is 1100. The number of hydrogen-bond donors (Lipinski definition) is 2. The highest BCUT2D eigenvalue weighted by Gasteiger charge is 2.50. The van der Waals surface area contributed by atoms with Gasteiger partial charge in [-0.1, -0.05) is 13.8 Å². The van der Waals surface area contributed by atoms with Crippen molar-refractivity contribution < 1.29 is 13.9 Å². The van der Waals surface area contributed by atoms with E-state index in [2.05, 4.69) is 34.2 Å². The predicted octanol–water partition coefficient (Wildman–Crippen LogP) is 5.51. The molecule has 0 amide bonds. The Hall–Kier alpha value is -3.03. The van der Waals surface area contributed by atoms with Crippen LogP contribution in [0.1, 0.15) is 46.0 Å². The van der Waals surface area contributed by atoms with Gasteiger partial charge in [-0.25, -0.2) is 8.78 Å². The van der Waals surface area contributed by atoms with Gasteiger partial charge < -0.3 is 10.0 Å². The van der Waals surface area contributed by atoms with Crippen molar-refractivity contribution in [1.29, 1.82) is 0 Å². The zero-order chi connectivity index (χ0) is 23.2. The van der Waals surface area contributed by atoms with Gasteiger partial charge in [-0.05, 0) is 72.8 Å². The number of fused-ring (bicyclic) bond motifs is 2. The lowest BCUT2D eigenvalue weighted by Crippen LogP contribution is -2.45. The number of phenols is 1. The van der Waals surface area contributed by atoms with Crippen LogP contribution in [0.4, 0.5) is 14.6 Å². The monoisotopic (exact) mass is 453 g/mol. The maximum absolute atomic E-state index is 14.9. The van der Waals surface area contributed by atoms with Gasteiger partial charge in [0.1, 0.15) is 18.2 Å². The molecule has 3 atom stereocenters. The normalized spacial score (nSPS) is 26.5. The molecule has 0 saturated heterocycles. The molecule has 2 aromatic heterocycles. The molecule has 6 nitrogen and oxygen atoms in total. The van der Waals surface area contributed by atoms with Crippen LogP contribution in [-0.4, -0.2) is 44.8 Å². The second-order valence-electron chi connectivity index (χ2n) is 10.4. The van der Waals surface area contributed by atoms with Gasteiger partial charge in [-0.2, -0.15) is 5.10 Å². The lowest BCUT2D eigenvalue weighted by atomic mass is 9.68. The van der Waals surface area contributed by atoms with Crippen LogP contribution in [0.15, 0.2) is 36.7 Å². The van der Waals surface area contributed by atoms with Gasteiger partial charge in [-0.15, -0.1) is 10.2 Å². The second kappa shape index (κ2) is 8.08. The van der Waals surface area contributed by atoms with Crippen molar-refractivity contribution >= 4 is 5.82 Å². The number of aromatic nitrogens is 4. The summed E-state index contributed by atoms with van der Waals surface area (Å²) in [4.78, 5) is 2.02. The summed E-state index contributed by atoms with van der Waals surface area (Å²) < 4.78 is 28.4. The van der Waals surface area contributed by atoms with E-state index in [1.54, 1.807) is 24.5 Å². The summed E-state index contributed by atoms with van der Waals surface area (Å²) in [6.07, 6.45) is 8.84. The summed E-state index contributed by atoms with van der Waals surface area (Å²) in [5.41, 5.74) is 1.97. The zero-order valence-electron chi connectivity index (χ0n) is 19.0. The number of aromatic amines is 1. The first-order valence-electron chi connectivity index (χ1n) is 11.5. The Labute approximate surface area is 192 Å². The summed E-state index contributed by atoms with van der Waals surface area (Å²) in [6, 6.07) is 6.41. The average Bonchev–Trinajstić information content (AvgIpc) is 3.38. The first-order chi connectivity index (χ1) is 15.8. The lowest BCUT2D eigenvalue weighted by molar-refractivity contribution is 0.144. The number of hydrogen-bond acceptors (Lipinski definition) is 5. The van der Waals surface area contributed by atoms with E-state index in [0.717, 1.165) is 12.8 Å². The molecule has 3 aromatic rings. The van der Waals surface area contributed by atoms with Crippen LogP contribution >= 0.6 is 0 Å². The second-order valence-corrected chi connectivity index (χ2v) is 10.4. The highest BCUT2D eigenvalue weighted by Crippen LogP contribution is 2.59. The summed E-state index contributed by atoms with van der Waals surface area (Å²) in [5, 5.41) is 25.6. The van der Waals surface area contributed by atoms with Crippen molar-refractivity contribution in [2.45, 2.75) is 52.0 Å². The number of phenolic OH excluding ortho intramolecular Hbond substituents is 1. The van der Waals surface area contributed by atoms with Gasteiger partial charge in [0.15, 0.2) is 5.82 Å². The molecule has 0 aliphatic heterocycles. The van der Waals surface area contributed by atoms with E-state index in [0.29, 0.717) is 16.9 Å². The minimum atomic E-state index is -0.599. The smallest absolute Gasteiger partial charge is 0.151 e. The third kappa shape index (κ3) is 4.07. The fourth-order valence-electron chi connectivity index (χ4n) is 6.20. The lowest BCUT2D eigenvalue weighted by Gasteiger charge is -2.45. The van der Waals surface area contributed by atoms with Crippen LogP contribution in [-0.2, 0) is 0 Å². The van der Waals surface area contributed by atoms with E-state index in [-0.39, 0.29) is 40.4 Å². The molecular formula is C25H29F2N5O. The van der Waals surface area contributed by atoms with E-state index in [1.165, 1.54) is 31.4 Å². The average molecular weight is 454 g/mol. The molecule has 2 saturated carbocycles. The van der Waals surface area contributed by atoms with Crippen molar-refractivity contribution in [3.05, 3.63) is 42.5 Å². The fraction of sp³-hybridized carbons (Fsp3) is 0.480. The van der Waals surface area contributed by atoms with Gasteiger partial charge in [0.25, 0.3) is 0 Å². The molecule has 2 bridgehead atoms. The summed E-state index contributed by atoms with van der Waals surface area (Å²) in [6.45, 7) is 4.46. The SMILES string of the molecule is C[C@]12CC[C@](C)(CC(N(CCF)c3ccc(-c4c(O)cc(-c5cn[nH]c5)cc4F)nn3)C1)C2. The number of H-pyrrole nitrogens is 1. The van der Waals surface area contributed by atoms with E-state index < -0.39 is 12.5 Å². The molecule has 2 fully saturated rings. The first kappa shape index (κ1) is 21.8. The number of alkyl halides is 1. The minimum absolute atomic E-state index is 0.00549. The maximum Gasteiger partial charge on any atom is 0.151 e. The van der Waals surface area contributed by atoms with Crippen LogP contribution in [0, 0.1) is 16.6 Å². The van der Waals surface area contributed by atoms with Crippen LogP contribution < -0.4 is 4.90 Å². The van der Waals surface area contributed by atoms with Crippen LogP contribution in [0.5, 0.6) is 5.75 Å². The van der Waals surface area contributed by atoms with Crippen molar-refractivity contribution in [3.63, 3.8) is 0 Å². The standard InChI is InChI=1S/C25H29F2N5O/c1-24-5-6-25(2,15-24)12-18(11-24)32(8-7-26)22-4-3-20(30-31-22)23-19(27)9-16(10-21(23)33)17-13-28-29-14-17/h3-4,9-10,13-14,18,33H,5-8,11-12,15H2,1-2H3,(H,28,29)/t18?,24-,25+. The molecular weight excluding hydrogens is 424 g/mol. The fourth-order valence-corrected chi connectivity index (χ4v) is 6.20. The molecule has 5 rings (SSSR count). The zero-order valence-corrected chi connectivity index (χ0v) is 19.0. The molecule has 33 heavy (non-hydrogen) atoms. The number of aromatic hydroxyl groups is 1. The van der Waals surface area contributed by atoms with E-state index in [9.17, 15) is 13.9 Å². The molecule has 174 valence electrons. The highest BCUT2D eigenvalue weighted by molar-refractivity contribution is 5.74. The molecule has 2 aliphatic carbocycles. The molecule has 2 N–H and O–H groups in total. The number of anilines is 1. The first-order valence-corrected chi connectivity index (χ1v) is 11.5. The summed E-state index contributed by atoms with van der Waals surface area (Å²) in [5.74, 6) is -0.234. The third-order valence-corrected chi connectivity index (χ3v) is 7.51. The van der Waals surface area contributed by atoms with Crippen LogP contribution in [0.25, 0.3) is 22.4 Å². The number of rotatable bonds is 6. The molecule has 1 aromatic carbocycles. The summed E-state index contributed by atoms with van der Waals surface area (Å²) in [7, 11) is 0. The Morgan fingerprint density at radius 3 is 2.45 bits per heavy atom. The Balaban J connectivity index is 1.43. The van der Waals surface area contributed by atoms with Gasteiger partial charge in [0.2, 0.25) is 0 Å². The maximum atomic E-state index is 14.9. The minimum Gasteiger partial charge on any atom is -0.507 e. The molecule has 2 aliphatic rings. The largest absolute Gasteiger partial charge is 0.507 e. The Morgan fingerprint density at radius 2 is 1.88 bits per heavy atom. The van der Waals surface area contributed by atoms with Gasteiger partial charge in [0.05, 0.1) is 17.5 Å². The van der Waals surface area contributed by atoms with Gasteiger partial charge in [-0.3, -0.25) is 5.10 Å². The van der Waals surface area contributed by atoms with E-state index >= 15 is 0 Å². The van der Waals surface area contributed by atoms with E-state index in [1.807, 2.05) is 4.90 Å². The third-order valence-electron chi connectivity index (χ3n) is 7.51. The molecule has 1 unspecified atom stereocenters. The molecule has 2 heterocycles. The van der Waals surface area contributed by atoms with Crippen molar-refractivity contribution in [2.24, 2.45) is 10.8 Å². The van der Waals surface area contributed by atoms with Crippen LogP contribution in [0.3, 0.4) is 0 Å². The van der Waals surface area contributed by atoms with Gasteiger partial charge in [0, 0.05) is 24.3 Å². The van der Waals surface area contributed by atoms with Crippen LogP contribution in [0.2, 0.25) is 0 Å². The highest BCUT2D eigenvalue weighted by atomic mass is 19.1. The van der Waals surface area contributed by atoms with E-state index in [4.69, 9.17) is 0 Å². The quantitative estimate of drug-likeness (QED) is 0.514. The number of benzene rings is 1. The van der Waals surface area contributed by atoms with Crippen molar-refractivity contribution in [3.8, 4) is 28.1 Å². The van der Waals surface area contributed by atoms with Gasteiger partial charge >= 0.3 is 0 Å². The molecule has 0 spiro atoms. The summed E-state index contributed by atoms with van der Waals surface area (Å²) >= 11 is 0. The Kier molecular flexibility index (Phi) is 5.34. The van der Waals surface area contributed by atoms with Crippen molar-refractivity contribution in [2.75, 3.05) is 18.1 Å². The molecule has 8 heteroatoms. The van der Waals surface area contributed by atoms with Crippen molar-refractivity contribution in [1.82, 2.24) is 20.4 Å². The molecule has 0 radical (unpaired) electrons. The topological polar surface area (TPSA) is 77.9 Å². The number of nitrogens with zero attached hydrogens (tertiary/aromatic N) is 4. The predicted molar refractivity (Wildman–Crippen MR) is 123 cm³/mol. The number of halogens is 2. The number of nitrogens with one attached hydrogen (secondary N) is 1.